The van der Waals surface area contributed by atoms with Crippen LogP contribution in [0.3, 0.4) is 0 Å². The summed E-state index contributed by atoms with van der Waals surface area (Å²) < 4.78 is 59.0. The summed E-state index contributed by atoms with van der Waals surface area (Å²) in [6, 6.07) is 6.26. The van der Waals surface area contributed by atoms with Gasteiger partial charge in [0.2, 0.25) is 11.7 Å². The normalized spacial score (nSPS) is 15.8. The molecule has 0 bridgehead atoms. The van der Waals surface area contributed by atoms with Crippen molar-refractivity contribution < 1.29 is 36.7 Å². The minimum absolute atomic E-state index is 0.00437. The summed E-state index contributed by atoms with van der Waals surface area (Å²) in [5.74, 6) is -5.15. The van der Waals surface area contributed by atoms with Gasteiger partial charge in [0.15, 0.2) is 17.4 Å². The fourth-order valence-electron chi connectivity index (χ4n) is 5.23. The molecule has 0 aliphatic carbocycles. The molecule has 0 saturated carbocycles. The lowest BCUT2D eigenvalue weighted by Gasteiger charge is -2.36. The zero-order chi connectivity index (χ0) is 32.2. The van der Waals surface area contributed by atoms with Crippen molar-refractivity contribution in [3.05, 3.63) is 64.6 Å². The first kappa shape index (κ1) is 32.2. The standard InChI is InChI=1S/C29H30ClF4N7O4/c1-38-21(19-4-5-22(45-29(33)34)25(32)24(19)31)15-36-26(38)27(43)37-17-2-3-18(20(30)14-17)28(44)41-12-10-40(11-13-41)23(42)16-39-8-6-35-7-9-39/h2-5,14-15,29,35H,6-13,16H2,1H3,(H,37,43). The van der Waals surface area contributed by atoms with Crippen LogP contribution in [0.1, 0.15) is 21.0 Å². The van der Waals surface area contributed by atoms with E-state index in [1.54, 1.807) is 9.80 Å². The fourth-order valence-corrected chi connectivity index (χ4v) is 5.49. The van der Waals surface area contributed by atoms with Gasteiger partial charge in [0.25, 0.3) is 11.8 Å². The van der Waals surface area contributed by atoms with E-state index in [0.717, 1.165) is 44.5 Å². The zero-order valence-corrected chi connectivity index (χ0v) is 24.9. The SMILES string of the molecule is Cn1c(-c2ccc(OC(F)F)c(F)c2F)cnc1C(=O)Nc1ccc(C(=O)N2CCN(C(=O)CN3CCNCC3)CC2)c(Cl)c1. The van der Waals surface area contributed by atoms with Gasteiger partial charge in [-0.2, -0.15) is 13.2 Å². The molecule has 5 rings (SSSR count). The number of imidazole rings is 1. The molecule has 0 atom stereocenters. The van der Waals surface area contributed by atoms with Crippen molar-refractivity contribution in [2.24, 2.45) is 7.05 Å². The van der Waals surface area contributed by atoms with Gasteiger partial charge in [-0.05, 0) is 30.3 Å². The van der Waals surface area contributed by atoms with Crippen LogP contribution >= 0.6 is 11.6 Å². The van der Waals surface area contributed by atoms with Gasteiger partial charge in [0, 0.05) is 70.7 Å². The second kappa shape index (κ2) is 13.8. The van der Waals surface area contributed by atoms with Gasteiger partial charge in [0.05, 0.1) is 29.0 Å². The Morgan fingerprint density at radius 1 is 1.00 bits per heavy atom. The Balaban J connectivity index is 1.20. The molecule has 3 heterocycles. The number of nitrogens with one attached hydrogen (secondary N) is 2. The third-order valence-electron chi connectivity index (χ3n) is 7.68. The van der Waals surface area contributed by atoms with Gasteiger partial charge in [0.1, 0.15) is 0 Å². The maximum Gasteiger partial charge on any atom is 0.387 e. The van der Waals surface area contributed by atoms with Crippen LogP contribution in [0.2, 0.25) is 5.02 Å². The molecule has 0 radical (unpaired) electrons. The first-order valence-corrected chi connectivity index (χ1v) is 14.5. The summed E-state index contributed by atoms with van der Waals surface area (Å²) in [6.45, 7) is 1.91. The molecule has 3 amide bonds. The molecular formula is C29H30ClF4N7O4. The molecule has 240 valence electrons. The number of anilines is 1. The number of aromatic nitrogens is 2. The number of halogens is 5. The van der Waals surface area contributed by atoms with Crippen molar-refractivity contribution in [1.82, 2.24) is 29.6 Å². The third-order valence-corrected chi connectivity index (χ3v) is 7.99. The van der Waals surface area contributed by atoms with Crippen molar-refractivity contribution in [2.45, 2.75) is 6.61 Å². The average molecular weight is 652 g/mol. The van der Waals surface area contributed by atoms with Gasteiger partial charge in [-0.15, -0.1) is 0 Å². The summed E-state index contributed by atoms with van der Waals surface area (Å²) in [7, 11) is 1.39. The summed E-state index contributed by atoms with van der Waals surface area (Å²) in [5.41, 5.74) is 0.162. The molecule has 16 heteroatoms. The summed E-state index contributed by atoms with van der Waals surface area (Å²) >= 11 is 6.42. The maximum absolute atomic E-state index is 14.7. The molecule has 11 nitrogen and oxygen atoms in total. The lowest BCUT2D eigenvalue weighted by atomic mass is 10.1. The molecule has 2 saturated heterocycles. The van der Waals surface area contributed by atoms with Crippen LogP contribution < -0.4 is 15.4 Å². The molecule has 2 fully saturated rings. The first-order chi connectivity index (χ1) is 21.5. The first-order valence-electron chi connectivity index (χ1n) is 14.1. The second-order valence-corrected chi connectivity index (χ2v) is 10.9. The number of ether oxygens (including phenoxy) is 1. The second-order valence-electron chi connectivity index (χ2n) is 10.5. The Bertz CT molecular complexity index is 1590. The van der Waals surface area contributed by atoms with Crippen molar-refractivity contribution in [2.75, 3.05) is 64.2 Å². The van der Waals surface area contributed by atoms with Crippen LogP contribution in [0.15, 0.2) is 36.5 Å². The van der Waals surface area contributed by atoms with E-state index in [2.05, 4.69) is 25.3 Å². The molecular weight excluding hydrogens is 622 g/mol. The van der Waals surface area contributed by atoms with E-state index in [9.17, 15) is 31.9 Å². The summed E-state index contributed by atoms with van der Waals surface area (Å²) in [4.78, 5) is 48.4. The minimum atomic E-state index is -3.34. The third kappa shape index (κ3) is 7.21. The molecule has 0 spiro atoms. The van der Waals surface area contributed by atoms with Crippen LogP contribution in [0, 0.1) is 11.6 Å². The van der Waals surface area contributed by atoms with Crippen molar-refractivity contribution in [1.29, 1.82) is 0 Å². The largest absolute Gasteiger partial charge is 0.432 e. The van der Waals surface area contributed by atoms with Crippen molar-refractivity contribution in [3.8, 4) is 17.0 Å². The molecule has 3 aromatic rings. The Kier molecular flexibility index (Phi) is 9.90. The summed E-state index contributed by atoms with van der Waals surface area (Å²) in [5, 5.41) is 5.96. The lowest BCUT2D eigenvalue weighted by molar-refractivity contribution is -0.134. The molecule has 45 heavy (non-hydrogen) atoms. The van der Waals surface area contributed by atoms with Gasteiger partial charge in [-0.25, -0.2) is 9.37 Å². The molecule has 0 unspecified atom stereocenters. The average Bonchev–Trinajstić information content (AvgIpc) is 3.40. The number of carbonyl (C=O) groups is 3. The molecule has 2 aliphatic heterocycles. The number of hydrogen-bond acceptors (Lipinski definition) is 7. The number of carbonyl (C=O) groups excluding carboxylic acids is 3. The van der Waals surface area contributed by atoms with E-state index in [0.29, 0.717) is 32.7 Å². The van der Waals surface area contributed by atoms with E-state index in [4.69, 9.17) is 11.6 Å². The highest BCUT2D eigenvalue weighted by molar-refractivity contribution is 6.34. The predicted octanol–water partition coefficient (Wildman–Crippen LogP) is 3.06. The van der Waals surface area contributed by atoms with Gasteiger partial charge < -0.3 is 29.7 Å². The van der Waals surface area contributed by atoms with Crippen molar-refractivity contribution >= 4 is 35.0 Å². The topological polar surface area (TPSA) is 112 Å². The van der Waals surface area contributed by atoms with Gasteiger partial charge in [-0.3, -0.25) is 19.3 Å². The van der Waals surface area contributed by atoms with Crippen LogP contribution in [0.4, 0.5) is 23.2 Å². The molecule has 2 aliphatic rings. The number of piperazine rings is 2. The van der Waals surface area contributed by atoms with Crippen molar-refractivity contribution in [3.63, 3.8) is 0 Å². The van der Waals surface area contributed by atoms with Gasteiger partial charge in [-0.1, -0.05) is 11.6 Å². The van der Waals surface area contributed by atoms with Gasteiger partial charge >= 0.3 is 6.61 Å². The lowest BCUT2D eigenvalue weighted by Crippen LogP contribution is -2.54. The van der Waals surface area contributed by atoms with E-state index in [1.807, 2.05) is 0 Å². The number of benzene rings is 2. The van der Waals surface area contributed by atoms with E-state index >= 15 is 0 Å². The highest BCUT2D eigenvalue weighted by Gasteiger charge is 2.28. The number of hydrogen-bond donors (Lipinski definition) is 2. The molecule has 2 aromatic carbocycles. The zero-order valence-electron chi connectivity index (χ0n) is 24.2. The monoisotopic (exact) mass is 651 g/mol. The highest BCUT2D eigenvalue weighted by atomic mass is 35.5. The fraction of sp³-hybridized carbons (Fsp3) is 0.379. The number of rotatable bonds is 8. The Morgan fingerprint density at radius 3 is 2.36 bits per heavy atom. The molecule has 1 aromatic heterocycles. The number of alkyl halides is 2. The Hall–Kier alpha value is -4.21. The van der Waals surface area contributed by atoms with E-state index in [-0.39, 0.29) is 45.2 Å². The van der Waals surface area contributed by atoms with E-state index < -0.39 is 29.9 Å². The Labute approximate surface area is 260 Å². The predicted molar refractivity (Wildman–Crippen MR) is 156 cm³/mol. The smallest absolute Gasteiger partial charge is 0.387 e. The van der Waals surface area contributed by atoms with Crippen LogP contribution in [0.5, 0.6) is 5.75 Å². The highest BCUT2D eigenvalue weighted by Crippen LogP contribution is 2.31. The van der Waals surface area contributed by atoms with Crippen LogP contribution in [-0.2, 0) is 11.8 Å². The van der Waals surface area contributed by atoms with E-state index in [1.165, 1.54) is 29.8 Å². The minimum Gasteiger partial charge on any atom is -0.432 e. The van der Waals surface area contributed by atoms with Crippen LogP contribution in [-0.4, -0.2) is 107 Å². The quantitative estimate of drug-likeness (QED) is 0.360. The Morgan fingerprint density at radius 2 is 1.69 bits per heavy atom. The van der Waals surface area contributed by atoms with Crippen LogP contribution in [0.25, 0.3) is 11.3 Å². The molecule has 2 N–H and O–H groups in total. The number of amides is 3. The summed E-state index contributed by atoms with van der Waals surface area (Å²) in [6.07, 6.45) is 1.13. The number of nitrogens with zero attached hydrogens (tertiary/aromatic N) is 5. The maximum atomic E-state index is 14.7.